The second kappa shape index (κ2) is 3.94. The molecule has 3 heterocycles. The average molecular weight is 241 g/mol. The van der Waals surface area contributed by atoms with Gasteiger partial charge in [0.25, 0.3) is 0 Å². The van der Waals surface area contributed by atoms with Crippen LogP contribution in [0.2, 0.25) is 0 Å². The Morgan fingerprint density at radius 2 is 1.78 bits per heavy atom. The summed E-state index contributed by atoms with van der Waals surface area (Å²) in [6.07, 6.45) is 5.42. The first-order valence-corrected chi connectivity index (χ1v) is 5.95. The van der Waals surface area contributed by atoms with E-state index in [1.165, 1.54) is 0 Å². The molecule has 0 spiro atoms. The number of anilines is 3. The Hall–Kier alpha value is -2.17. The monoisotopic (exact) mass is 241 g/mol. The van der Waals surface area contributed by atoms with Gasteiger partial charge in [-0.3, -0.25) is 9.88 Å². The molecule has 3 rings (SSSR count). The minimum absolute atomic E-state index is 0.185. The summed E-state index contributed by atoms with van der Waals surface area (Å²) in [7, 11) is 2.07. The van der Waals surface area contributed by atoms with E-state index in [0.29, 0.717) is 0 Å². The first-order chi connectivity index (χ1) is 8.70. The summed E-state index contributed by atoms with van der Waals surface area (Å²) in [5.41, 5.74) is 2.03. The minimum atomic E-state index is 0.185. The van der Waals surface area contributed by atoms with Crippen molar-refractivity contribution in [1.29, 1.82) is 0 Å². The Bertz CT molecular complexity index is 583. The van der Waals surface area contributed by atoms with E-state index in [1.807, 2.05) is 19.2 Å². The zero-order valence-electron chi connectivity index (χ0n) is 10.7. The predicted octanol–water partition coefficient (Wildman–Crippen LogP) is 2.11. The Morgan fingerprint density at radius 3 is 2.56 bits per heavy atom. The number of aryl methyl sites for hydroxylation is 1. The number of pyridine rings is 1. The molecule has 0 radical (unpaired) electrons. The molecule has 0 saturated heterocycles. The van der Waals surface area contributed by atoms with Crippen LogP contribution >= 0.6 is 0 Å². The molecule has 0 saturated carbocycles. The summed E-state index contributed by atoms with van der Waals surface area (Å²) in [5.74, 6) is 1.81. The van der Waals surface area contributed by atoms with Gasteiger partial charge in [0, 0.05) is 25.6 Å². The summed E-state index contributed by atoms with van der Waals surface area (Å²) in [4.78, 5) is 17.5. The van der Waals surface area contributed by atoms with Crippen LogP contribution < -0.4 is 9.80 Å². The van der Waals surface area contributed by atoms with Crippen molar-refractivity contribution in [2.24, 2.45) is 0 Å². The molecule has 0 aromatic carbocycles. The van der Waals surface area contributed by atoms with E-state index >= 15 is 0 Å². The van der Waals surface area contributed by atoms with E-state index in [1.54, 1.807) is 12.4 Å². The highest BCUT2D eigenvalue weighted by Gasteiger charge is 2.34. The first-order valence-electron chi connectivity index (χ1n) is 5.95. The lowest BCUT2D eigenvalue weighted by atomic mass is 10.3. The maximum absolute atomic E-state index is 4.48. The van der Waals surface area contributed by atoms with Gasteiger partial charge in [0.2, 0.25) is 0 Å². The van der Waals surface area contributed by atoms with Crippen molar-refractivity contribution in [3.63, 3.8) is 0 Å². The van der Waals surface area contributed by atoms with E-state index in [-0.39, 0.29) is 6.17 Å². The molecular formula is C13H15N5. The molecule has 0 fully saturated rings. The molecule has 5 nitrogen and oxygen atoms in total. The number of aromatic nitrogens is 3. The van der Waals surface area contributed by atoms with Crippen molar-refractivity contribution in [1.82, 2.24) is 15.0 Å². The van der Waals surface area contributed by atoms with Crippen LogP contribution in [0.5, 0.6) is 0 Å². The number of nitrogens with zero attached hydrogens (tertiary/aromatic N) is 5. The molecule has 0 N–H and O–H groups in total. The molecular weight excluding hydrogens is 226 g/mol. The summed E-state index contributed by atoms with van der Waals surface area (Å²) in [6.45, 7) is 4.10. The molecule has 0 aliphatic carbocycles. The van der Waals surface area contributed by atoms with Gasteiger partial charge < -0.3 is 4.90 Å². The van der Waals surface area contributed by atoms with Crippen molar-refractivity contribution in [3.8, 4) is 0 Å². The normalized spacial score (nSPS) is 18.1. The highest BCUT2D eigenvalue weighted by Crippen LogP contribution is 2.40. The second-order valence-electron chi connectivity index (χ2n) is 4.42. The average Bonchev–Trinajstić information content (AvgIpc) is 2.64. The van der Waals surface area contributed by atoms with Gasteiger partial charge in [0.05, 0.1) is 11.4 Å². The molecule has 1 unspecified atom stereocenters. The van der Waals surface area contributed by atoms with Gasteiger partial charge in [0.1, 0.15) is 6.17 Å². The van der Waals surface area contributed by atoms with Gasteiger partial charge in [0.15, 0.2) is 11.6 Å². The van der Waals surface area contributed by atoms with Crippen LogP contribution in [0.15, 0.2) is 30.7 Å². The Labute approximate surface area is 106 Å². The molecule has 0 amide bonds. The summed E-state index contributed by atoms with van der Waals surface area (Å²) >= 11 is 0. The third kappa shape index (κ3) is 1.44. The van der Waals surface area contributed by atoms with Crippen molar-refractivity contribution < 1.29 is 0 Å². The third-order valence-electron chi connectivity index (χ3n) is 3.39. The SMILES string of the molecule is Cc1nccnc1N1c2ncccc2N(C)C1C. The van der Waals surface area contributed by atoms with E-state index in [2.05, 4.69) is 44.8 Å². The van der Waals surface area contributed by atoms with Crippen molar-refractivity contribution in [2.75, 3.05) is 16.8 Å². The topological polar surface area (TPSA) is 45.2 Å². The minimum Gasteiger partial charge on any atom is -0.351 e. The fourth-order valence-corrected chi connectivity index (χ4v) is 2.31. The van der Waals surface area contributed by atoms with Gasteiger partial charge in [-0.15, -0.1) is 0 Å². The van der Waals surface area contributed by atoms with Gasteiger partial charge in [-0.25, -0.2) is 9.97 Å². The summed E-state index contributed by atoms with van der Waals surface area (Å²) < 4.78 is 0. The largest absolute Gasteiger partial charge is 0.351 e. The quantitative estimate of drug-likeness (QED) is 0.765. The lowest BCUT2D eigenvalue weighted by Gasteiger charge is -2.26. The van der Waals surface area contributed by atoms with E-state index < -0.39 is 0 Å². The number of fused-ring (bicyclic) bond motifs is 1. The molecule has 2 aromatic heterocycles. The van der Waals surface area contributed by atoms with Gasteiger partial charge >= 0.3 is 0 Å². The van der Waals surface area contributed by atoms with Crippen LogP contribution in [0, 0.1) is 6.92 Å². The Balaban J connectivity index is 2.16. The summed E-state index contributed by atoms with van der Waals surface area (Å²) in [6, 6.07) is 4.03. The smallest absolute Gasteiger partial charge is 0.159 e. The van der Waals surface area contributed by atoms with Crippen molar-refractivity contribution >= 4 is 17.3 Å². The molecule has 1 aliphatic heterocycles. The fourth-order valence-electron chi connectivity index (χ4n) is 2.31. The number of hydrogen-bond donors (Lipinski definition) is 0. The Morgan fingerprint density at radius 1 is 1.06 bits per heavy atom. The van der Waals surface area contributed by atoms with Gasteiger partial charge in [-0.2, -0.15) is 0 Å². The number of hydrogen-bond acceptors (Lipinski definition) is 5. The lowest BCUT2D eigenvalue weighted by molar-refractivity contribution is 0.719. The Kier molecular flexibility index (Phi) is 2.40. The van der Waals surface area contributed by atoms with Crippen LogP contribution in [0.4, 0.5) is 17.3 Å². The maximum Gasteiger partial charge on any atom is 0.159 e. The first kappa shape index (κ1) is 11.0. The molecule has 92 valence electrons. The van der Waals surface area contributed by atoms with Gasteiger partial charge in [-0.1, -0.05) is 0 Å². The molecule has 18 heavy (non-hydrogen) atoms. The van der Waals surface area contributed by atoms with Crippen LogP contribution in [0.3, 0.4) is 0 Å². The zero-order valence-corrected chi connectivity index (χ0v) is 10.7. The molecule has 1 atom stereocenters. The number of rotatable bonds is 1. The molecule has 5 heteroatoms. The lowest BCUT2D eigenvalue weighted by Crippen LogP contribution is -2.36. The second-order valence-corrected chi connectivity index (χ2v) is 4.42. The van der Waals surface area contributed by atoms with E-state index in [9.17, 15) is 0 Å². The standard InChI is InChI=1S/C13H15N5/c1-9-12(16-8-7-14-9)18-10(2)17(3)11-5-4-6-15-13(11)18/h4-8,10H,1-3H3. The molecule has 2 aromatic rings. The predicted molar refractivity (Wildman–Crippen MR) is 71.0 cm³/mol. The van der Waals surface area contributed by atoms with Crippen LogP contribution in [0.1, 0.15) is 12.6 Å². The van der Waals surface area contributed by atoms with Crippen LogP contribution in [0.25, 0.3) is 0 Å². The third-order valence-corrected chi connectivity index (χ3v) is 3.39. The van der Waals surface area contributed by atoms with Crippen molar-refractivity contribution in [2.45, 2.75) is 20.0 Å². The highest BCUT2D eigenvalue weighted by molar-refractivity contribution is 5.79. The van der Waals surface area contributed by atoms with Crippen LogP contribution in [-0.4, -0.2) is 28.2 Å². The molecule has 1 aliphatic rings. The summed E-state index contributed by atoms with van der Waals surface area (Å²) in [5, 5.41) is 0. The van der Waals surface area contributed by atoms with E-state index in [4.69, 9.17) is 0 Å². The van der Waals surface area contributed by atoms with Gasteiger partial charge in [-0.05, 0) is 26.0 Å². The van der Waals surface area contributed by atoms with E-state index in [0.717, 1.165) is 23.0 Å². The highest BCUT2D eigenvalue weighted by atomic mass is 15.4. The fraction of sp³-hybridized carbons (Fsp3) is 0.308. The maximum atomic E-state index is 4.48. The molecule has 0 bridgehead atoms. The van der Waals surface area contributed by atoms with Crippen molar-refractivity contribution in [3.05, 3.63) is 36.4 Å². The van der Waals surface area contributed by atoms with Crippen LogP contribution in [-0.2, 0) is 0 Å². The zero-order chi connectivity index (χ0) is 12.7.